The Hall–Kier alpha value is -0.540. The predicted octanol–water partition coefficient (Wildman–Crippen LogP) is 2.63. The van der Waals surface area contributed by atoms with Gasteiger partial charge in [-0.3, -0.25) is 4.98 Å². The van der Waals surface area contributed by atoms with Gasteiger partial charge in [0.15, 0.2) is 0 Å². The zero-order valence-corrected chi connectivity index (χ0v) is 10.1. The van der Waals surface area contributed by atoms with Crippen LogP contribution in [0.5, 0.6) is 0 Å². The Morgan fingerprint density at radius 3 is 3.07 bits per heavy atom. The zero-order chi connectivity index (χ0) is 10.7. The van der Waals surface area contributed by atoms with Crippen LogP contribution in [-0.2, 0) is 0 Å². The first kappa shape index (κ1) is 11.0. The van der Waals surface area contributed by atoms with Gasteiger partial charge in [-0.2, -0.15) is 11.8 Å². The molecule has 0 amide bonds. The van der Waals surface area contributed by atoms with Gasteiger partial charge in [0, 0.05) is 29.7 Å². The summed E-state index contributed by atoms with van der Waals surface area (Å²) in [5.74, 6) is 1.29. The molecule has 2 nitrogen and oxygen atoms in total. The molecule has 0 aliphatic carbocycles. The molecule has 1 aromatic rings. The van der Waals surface area contributed by atoms with E-state index in [2.05, 4.69) is 42.0 Å². The quantitative estimate of drug-likeness (QED) is 0.851. The van der Waals surface area contributed by atoms with Gasteiger partial charge in [0.1, 0.15) is 0 Å². The lowest BCUT2D eigenvalue weighted by Gasteiger charge is -2.22. The maximum atomic E-state index is 4.15. The summed E-state index contributed by atoms with van der Waals surface area (Å²) in [6, 6.07) is 5.20. The molecular weight excluding hydrogens is 204 g/mol. The second kappa shape index (κ2) is 4.99. The summed E-state index contributed by atoms with van der Waals surface area (Å²) in [5, 5.41) is 4.42. The molecule has 1 N–H and O–H groups in total. The van der Waals surface area contributed by atoms with Gasteiger partial charge in [0.05, 0.1) is 0 Å². The number of nitrogens with zero attached hydrogens (tertiary/aromatic N) is 1. The van der Waals surface area contributed by atoms with Crippen LogP contribution in [0.1, 0.15) is 31.9 Å². The molecule has 2 heterocycles. The summed E-state index contributed by atoms with van der Waals surface area (Å²) < 4.78 is 0. The largest absolute Gasteiger partial charge is 0.306 e. The number of aromatic nitrogens is 1. The minimum absolute atomic E-state index is 0.407. The smallest absolute Gasteiger partial charge is 0.0315 e. The van der Waals surface area contributed by atoms with Crippen LogP contribution in [0.3, 0.4) is 0 Å². The number of hydrogen-bond donors (Lipinski definition) is 1. The van der Waals surface area contributed by atoms with E-state index in [-0.39, 0.29) is 0 Å². The molecule has 1 fully saturated rings. The molecule has 1 aromatic heterocycles. The Morgan fingerprint density at radius 1 is 1.60 bits per heavy atom. The highest BCUT2D eigenvalue weighted by atomic mass is 32.2. The van der Waals surface area contributed by atoms with Gasteiger partial charge in [-0.25, -0.2) is 0 Å². The molecule has 0 aromatic carbocycles. The lowest BCUT2D eigenvalue weighted by molar-refractivity contribution is 0.453. The molecule has 3 atom stereocenters. The number of rotatable bonds is 3. The van der Waals surface area contributed by atoms with Crippen molar-refractivity contribution in [2.75, 3.05) is 5.75 Å². The maximum Gasteiger partial charge on any atom is 0.0315 e. The molecule has 0 bridgehead atoms. The van der Waals surface area contributed by atoms with Crippen LogP contribution in [-0.4, -0.2) is 22.0 Å². The maximum absolute atomic E-state index is 4.15. The third kappa shape index (κ3) is 2.73. The zero-order valence-electron chi connectivity index (χ0n) is 9.31. The van der Waals surface area contributed by atoms with Crippen LogP contribution in [0.15, 0.2) is 24.5 Å². The fraction of sp³-hybridized carbons (Fsp3) is 0.583. The van der Waals surface area contributed by atoms with Gasteiger partial charge in [0.2, 0.25) is 0 Å². The molecule has 0 spiro atoms. The normalized spacial score (nSPS) is 27.9. The predicted molar refractivity (Wildman–Crippen MR) is 66.1 cm³/mol. The summed E-state index contributed by atoms with van der Waals surface area (Å²) >= 11 is 2.06. The minimum Gasteiger partial charge on any atom is -0.306 e. The van der Waals surface area contributed by atoms with E-state index in [1.165, 1.54) is 17.7 Å². The Kier molecular flexibility index (Phi) is 3.65. The first-order valence-electron chi connectivity index (χ1n) is 5.55. The Morgan fingerprint density at radius 2 is 2.47 bits per heavy atom. The van der Waals surface area contributed by atoms with Gasteiger partial charge in [-0.15, -0.1) is 0 Å². The molecule has 0 radical (unpaired) electrons. The van der Waals surface area contributed by atoms with E-state index < -0.39 is 0 Å². The lowest BCUT2D eigenvalue weighted by atomic mass is 10.1. The van der Waals surface area contributed by atoms with Crippen molar-refractivity contribution < 1.29 is 0 Å². The molecule has 15 heavy (non-hydrogen) atoms. The highest BCUT2D eigenvalue weighted by molar-refractivity contribution is 8.00. The first-order valence-corrected chi connectivity index (χ1v) is 6.60. The molecule has 1 aliphatic heterocycles. The van der Waals surface area contributed by atoms with Crippen LogP contribution < -0.4 is 5.32 Å². The summed E-state index contributed by atoms with van der Waals surface area (Å²) in [6.07, 6.45) is 5.06. The van der Waals surface area contributed by atoms with E-state index in [9.17, 15) is 0 Å². The summed E-state index contributed by atoms with van der Waals surface area (Å²) in [6.45, 7) is 4.53. The fourth-order valence-electron chi connectivity index (χ4n) is 2.00. The van der Waals surface area contributed by atoms with Crippen molar-refractivity contribution in [3.63, 3.8) is 0 Å². The molecule has 0 saturated carbocycles. The van der Waals surface area contributed by atoms with E-state index in [4.69, 9.17) is 0 Å². The molecule has 2 rings (SSSR count). The van der Waals surface area contributed by atoms with Crippen LogP contribution in [0.4, 0.5) is 0 Å². The monoisotopic (exact) mass is 222 g/mol. The van der Waals surface area contributed by atoms with Gasteiger partial charge >= 0.3 is 0 Å². The summed E-state index contributed by atoms with van der Waals surface area (Å²) in [5.41, 5.74) is 1.28. The molecular formula is C12H18N2S. The second-order valence-corrected chi connectivity index (χ2v) is 5.63. The highest BCUT2D eigenvalue weighted by Gasteiger charge is 2.25. The number of nitrogens with one attached hydrogen (secondary N) is 1. The molecule has 1 saturated heterocycles. The van der Waals surface area contributed by atoms with E-state index in [0.717, 1.165) is 5.25 Å². The van der Waals surface area contributed by atoms with Gasteiger partial charge in [-0.1, -0.05) is 13.0 Å². The summed E-state index contributed by atoms with van der Waals surface area (Å²) in [7, 11) is 0. The van der Waals surface area contributed by atoms with E-state index in [1.54, 1.807) is 0 Å². The third-order valence-electron chi connectivity index (χ3n) is 3.02. The third-order valence-corrected chi connectivity index (χ3v) is 4.35. The fourth-order valence-corrected chi connectivity index (χ4v) is 3.21. The highest BCUT2D eigenvalue weighted by Crippen LogP contribution is 2.28. The van der Waals surface area contributed by atoms with Crippen molar-refractivity contribution in [3.05, 3.63) is 30.1 Å². The van der Waals surface area contributed by atoms with Crippen LogP contribution in [0, 0.1) is 0 Å². The topological polar surface area (TPSA) is 24.9 Å². The van der Waals surface area contributed by atoms with Crippen LogP contribution in [0.2, 0.25) is 0 Å². The van der Waals surface area contributed by atoms with E-state index in [0.29, 0.717) is 12.1 Å². The molecule has 3 unspecified atom stereocenters. The lowest BCUT2D eigenvalue weighted by Crippen LogP contribution is -2.35. The number of pyridine rings is 1. The first-order chi connectivity index (χ1) is 7.27. The van der Waals surface area contributed by atoms with Crippen LogP contribution >= 0.6 is 11.8 Å². The Bertz CT molecular complexity index is 302. The van der Waals surface area contributed by atoms with Crippen molar-refractivity contribution in [2.45, 2.75) is 37.6 Å². The number of thioether (sulfide) groups is 1. The van der Waals surface area contributed by atoms with Crippen LogP contribution in [0.25, 0.3) is 0 Å². The van der Waals surface area contributed by atoms with Crippen molar-refractivity contribution in [3.8, 4) is 0 Å². The summed E-state index contributed by atoms with van der Waals surface area (Å²) in [4.78, 5) is 4.15. The standard InChI is InChI=1S/C12H18N2S/c1-9(11-4-3-6-13-8-11)14-12-5-7-15-10(12)2/h3-4,6,8-10,12,14H,5,7H2,1-2H3. The molecule has 1 aliphatic rings. The molecule has 82 valence electrons. The molecule has 3 heteroatoms. The Labute approximate surface area is 95.9 Å². The average Bonchev–Trinajstić information content (AvgIpc) is 2.66. The Balaban J connectivity index is 1.95. The van der Waals surface area contributed by atoms with Crippen molar-refractivity contribution >= 4 is 11.8 Å². The average molecular weight is 222 g/mol. The van der Waals surface area contributed by atoms with E-state index >= 15 is 0 Å². The van der Waals surface area contributed by atoms with Crippen molar-refractivity contribution in [2.24, 2.45) is 0 Å². The van der Waals surface area contributed by atoms with Crippen molar-refractivity contribution in [1.82, 2.24) is 10.3 Å². The van der Waals surface area contributed by atoms with Gasteiger partial charge < -0.3 is 5.32 Å². The van der Waals surface area contributed by atoms with Gasteiger partial charge in [-0.05, 0) is 30.7 Å². The number of hydrogen-bond acceptors (Lipinski definition) is 3. The van der Waals surface area contributed by atoms with Gasteiger partial charge in [0.25, 0.3) is 0 Å². The van der Waals surface area contributed by atoms with Crippen molar-refractivity contribution in [1.29, 1.82) is 0 Å². The minimum atomic E-state index is 0.407. The second-order valence-electron chi connectivity index (χ2n) is 4.15. The SMILES string of the molecule is CC(NC1CCSC1C)c1cccnc1. The van der Waals surface area contributed by atoms with E-state index in [1.807, 2.05) is 18.5 Å².